The second-order valence-corrected chi connectivity index (χ2v) is 6.04. The van der Waals surface area contributed by atoms with Crippen LogP contribution in [0.2, 0.25) is 0 Å². The van der Waals surface area contributed by atoms with Gasteiger partial charge in [0, 0.05) is 47.5 Å². The molecule has 2 rings (SSSR count). The monoisotopic (exact) mass is 271 g/mol. The molecule has 1 heterocycles. The highest BCUT2D eigenvalue weighted by molar-refractivity contribution is 7.85. The summed E-state index contributed by atoms with van der Waals surface area (Å²) in [7, 11) is -2.38. The van der Waals surface area contributed by atoms with Crippen molar-refractivity contribution in [2.24, 2.45) is 0 Å². The second-order valence-electron chi connectivity index (χ2n) is 4.35. The molecule has 0 bridgehead atoms. The molecule has 1 fully saturated rings. The number of hydrogen-bond donors (Lipinski definition) is 2. The molecule has 1 aliphatic heterocycles. The van der Waals surface area contributed by atoms with Gasteiger partial charge in [0.2, 0.25) is 0 Å². The predicted octanol–water partition coefficient (Wildman–Crippen LogP) is -0.930. The smallest absolute Gasteiger partial charge is 0.423 e. The van der Waals surface area contributed by atoms with Crippen LogP contribution in [0.1, 0.15) is 5.56 Å². The van der Waals surface area contributed by atoms with Gasteiger partial charge in [-0.05, 0) is 11.5 Å². The number of hydrogen-bond acceptors (Lipinski definition) is 4. The Morgan fingerprint density at radius 2 is 2.00 bits per heavy atom. The Balaban J connectivity index is 2.03. The molecule has 1 saturated heterocycles. The molecule has 0 unspecified atom stereocenters. The number of nitrogens with zero attached hydrogens (tertiary/aromatic N) is 1. The molecule has 1 aromatic carbocycles. The van der Waals surface area contributed by atoms with E-state index in [4.69, 9.17) is 10.0 Å². The lowest BCUT2D eigenvalue weighted by molar-refractivity contribution is 0.287. The largest absolute Gasteiger partial charge is 0.488 e. The summed E-state index contributed by atoms with van der Waals surface area (Å²) in [6.45, 7) is 1.87. The molecule has 2 N–H and O–H groups in total. The molecule has 7 heteroatoms. The SMILES string of the molecule is O=S1CCN(Cc2ccc(B(O)O)cc2F)CC1. The highest BCUT2D eigenvalue weighted by Crippen LogP contribution is 2.11. The first kappa shape index (κ1) is 13.7. The minimum Gasteiger partial charge on any atom is -0.423 e. The fourth-order valence-corrected chi connectivity index (χ4v) is 3.05. The molecule has 0 atom stereocenters. The normalized spacial score (nSPS) is 17.9. The Morgan fingerprint density at radius 3 is 2.56 bits per heavy atom. The van der Waals surface area contributed by atoms with Crippen LogP contribution in [0, 0.1) is 5.82 Å². The van der Waals surface area contributed by atoms with Crippen LogP contribution in [0.15, 0.2) is 18.2 Å². The van der Waals surface area contributed by atoms with Gasteiger partial charge in [0.25, 0.3) is 0 Å². The molecule has 0 saturated carbocycles. The average Bonchev–Trinajstić information content (AvgIpc) is 2.34. The van der Waals surface area contributed by atoms with Gasteiger partial charge >= 0.3 is 7.12 Å². The van der Waals surface area contributed by atoms with Crippen molar-refractivity contribution in [1.29, 1.82) is 0 Å². The first-order chi connectivity index (χ1) is 8.56. The van der Waals surface area contributed by atoms with Gasteiger partial charge in [-0.15, -0.1) is 0 Å². The lowest BCUT2D eigenvalue weighted by Gasteiger charge is -2.26. The Hall–Kier alpha value is -0.755. The van der Waals surface area contributed by atoms with Crippen LogP contribution in [-0.4, -0.2) is 50.9 Å². The van der Waals surface area contributed by atoms with Crippen LogP contribution < -0.4 is 5.46 Å². The van der Waals surface area contributed by atoms with E-state index < -0.39 is 23.7 Å². The molecule has 0 aromatic heterocycles. The van der Waals surface area contributed by atoms with Crippen LogP contribution in [0.25, 0.3) is 0 Å². The van der Waals surface area contributed by atoms with E-state index >= 15 is 0 Å². The van der Waals surface area contributed by atoms with Gasteiger partial charge in [0.1, 0.15) is 5.82 Å². The molecule has 0 spiro atoms. The predicted molar refractivity (Wildman–Crippen MR) is 69.4 cm³/mol. The van der Waals surface area contributed by atoms with E-state index in [1.807, 2.05) is 0 Å². The third kappa shape index (κ3) is 3.38. The fourth-order valence-electron chi connectivity index (χ4n) is 1.93. The third-order valence-electron chi connectivity index (χ3n) is 3.04. The molecule has 18 heavy (non-hydrogen) atoms. The van der Waals surface area contributed by atoms with Gasteiger partial charge in [-0.1, -0.05) is 12.1 Å². The Labute approximate surface area is 108 Å². The summed E-state index contributed by atoms with van der Waals surface area (Å²) in [5, 5.41) is 17.9. The second kappa shape index (κ2) is 5.92. The van der Waals surface area contributed by atoms with Crippen molar-refractivity contribution in [3.8, 4) is 0 Å². The maximum Gasteiger partial charge on any atom is 0.488 e. The molecule has 4 nitrogen and oxygen atoms in total. The van der Waals surface area contributed by atoms with Gasteiger partial charge in [0.05, 0.1) is 0 Å². The zero-order valence-electron chi connectivity index (χ0n) is 9.88. The van der Waals surface area contributed by atoms with Crippen LogP contribution in [-0.2, 0) is 17.3 Å². The number of benzene rings is 1. The van der Waals surface area contributed by atoms with Crippen molar-refractivity contribution >= 4 is 23.4 Å². The van der Waals surface area contributed by atoms with E-state index in [9.17, 15) is 8.60 Å². The first-order valence-corrected chi connectivity index (χ1v) is 7.27. The van der Waals surface area contributed by atoms with Crippen LogP contribution in [0.4, 0.5) is 4.39 Å². The van der Waals surface area contributed by atoms with Gasteiger partial charge in [-0.2, -0.15) is 0 Å². The van der Waals surface area contributed by atoms with Crippen molar-refractivity contribution < 1.29 is 18.6 Å². The van der Waals surface area contributed by atoms with E-state index in [-0.39, 0.29) is 5.46 Å². The standard InChI is InChI=1S/C11H15BFNO3S/c13-11-7-10(12(15)16)2-1-9(11)8-14-3-5-18(17)6-4-14/h1-2,7,15-16H,3-6,8H2. The van der Waals surface area contributed by atoms with Crippen molar-refractivity contribution in [3.05, 3.63) is 29.6 Å². The Bertz CT molecular complexity index is 448. The molecule has 0 aliphatic carbocycles. The van der Waals surface area contributed by atoms with Crippen molar-refractivity contribution in [2.45, 2.75) is 6.54 Å². The van der Waals surface area contributed by atoms with E-state index in [2.05, 4.69) is 4.90 Å². The summed E-state index contributed by atoms with van der Waals surface area (Å²) >= 11 is 0. The number of halogens is 1. The summed E-state index contributed by atoms with van der Waals surface area (Å²) in [5.41, 5.74) is 0.670. The van der Waals surface area contributed by atoms with E-state index in [0.29, 0.717) is 36.7 Å². The zero-order valence-corrected chi connectivity index (χ0v) is 10.7. The summed E-state index contributed by atoms with van der Waals surface area (Å²) < 4.78 is 24.9. The highest BCUT2D eigenvalue weighted by Gasteiger charge is 2.18. The van der Waals surface area contributed by atoms with Crippen molar-refractivity contribution in [2.75, 3.05) is 24.6 Å². The summed E-state index contributed by atoms with van der Waals surface area (Å²) in [4.78, 5) is 2.05. The fraction of sp³-hybridized carbons (Fsp3) is 0.455. The summed E-state index contributed by atoms with van der Waals surface area (Å²) in [5.74, 6) is 0.830. The highest BCUT2D eigenvalue weighted by atomic mass is 32.2. The van der Waals surface area contributed by atoms with Gasteiger partial charge in [0.15, 0.2) is 0 Å². The van der Waals surface area contributed by atoms with Crippen LogP contribution in [0.5, 0.6) is 0 Å². The quantitative estimate of drug-likeness (QED) is 0.697. The van der Waals surface area contributed by atoms with Crippen molar-refractivity contribution in [1.82, 2.24) is 4.90 Å². The molecule has 98 valence electrons. The zero-order chi connectivity index (χ0) is 13.1. The first-order valence-electron chi connectivity index (χ1n) is 5.78. The molecule has 0 amide bonds. The van der Waals surface area contributed by atoms with E-state index in [1.54, 1.807) is 6.07 Å². The topological polar surface area (TPSA) is 60.8 Å². The van der Waals surface area contributed by atoms with Gasteiger partial charge in [-0.3, -0.25) is 9.11 Å². The molecule has 1 aliphatic rings. The minimum absolute atomic E-state index is 0.149. The molecular formula is C11H15BFNO3S. The lowest BCUT2D eigenvalue weighted by atomic mass is 9.80. The van der Waals surface area contributed by atoms with E-state index in [0.717, 1.165) is 6.07 Å². The Morgan fingerprint density at radius 1 is 1.33 bits per heavy atom. The van der Waals surface area contributed by atoms with Crippen LogP contribution >= 0.6 is 0 Å². The third-order valence-corrected chi connectivity index (χ3v) is 4.32. The summed E-state index contributed by atoms with van der Waals surface area (Å²) in [6, 6.07) is 4.21. The van der Waals surface area contributed by atoms with Crippen LogP contribution in [0.3, 0.4) is 0 Å². The van der Waals surface area contributed by atoms with Gasteiger partial charge in [-0.25, -0.2) is 4.39 Å². The molecule has 0 radical (unpaired) electrons. The lowest BCUT2D eigenvalue weighted by Crippen LogP contribution is -2.37. The maximum atomic E-state index is 13.7. The minimum atomic E-state index is -1.65. The summed E-state index contributed by atoms with van der Waals surface area (Å²) in [6.07, 6.45) is 0. The van der Waals surface area contributed by atoms with E-state index in [1.165, 1.54) is 6.07 Å². The van der Waals surface area contributed by atoms with Gasteiger partial charge < -0.3 is 10.0 Å². The maximum absolute atomic E-state index is 13.7. The Kier molecular flexibility index (Phi) is 4.50. The molecular weight excluding hydrogens is 256 g/mol. The van der Waals surface area contributed by atoms with Crippen molar-refractivity contribution in [3.63, 3.8) is 0 Å². The molecule has 1 aromatic rings. The average molecular weight is 271 g/mol. The number of rotatable bonds is 3.